The third-order valence-electron chi connectivity index (χ3n) is 4.58. The molecule has 0 aliphatic carbocycles. The molecule has 1 N–H and O–H groups in total. The molecule has 1 saturated heterocycles. The second kappa shape index (κ2) is 9.03. The minimum atomic E-state index is -3.73. The average Bonchev–Trinajstić information content (AvgIpc) is 2.73. The summed E-state index contributed by atoms with van der Waals surface area (Å²) in [5.41, 5.74) is 0.564. The molecule has 7 heteroatoms. The van der Waals surface area contributed by atoms with Crippen molar-refractivity contribution >= 4 is 21.6 Å². The van der Waals surface area contributed by atoms with Gasteiger partial charge in [-0.2, -0.15) is 4.31 Å². The number of anilines is 1. The largest absolute Gasteiger partial charge is 0.489 e. The topological polar surface area (TPSA) is 75.7 Å². The minimum absolute atomic E-state index is 0.203. The Bertz CT molecular complexity index is 928. The molecule has 1 heterocycles. The lowest BCUT2D eigenvalue weighted by molar-refractivity contribution is -0.120. The number of benzene rings is 2. The van der Waals surface area contributed by atoms with Crippen molar-refractivity contribution in [3.8, 4) is 5.75 Å². The van der Waals surface area contributed by atoms with Gasteiger partial charge in [-0.15, -0.1) is 0 Å². The zero-order chi connectivity index (χ0) is 20.0. The van der Waals surface area contributed by atoms with Crippen LogP contribution in [0.2, 0.25) is 0 Å². The van der Waals surface area contributed by atoms with Gasteiger partial charge in [-0.3, -0.25) is 4.79 Å². The number of hydrogen-bond donors (Lipinski definition) is 1. The van der Waals surface area contributed by atoms with Gasteiger partial charge in [0.05, 0.1) is 4.90 Å². The van der Waals surface area contributed by atoms with Gasteiger partial charge in [-0.1, -0.05) is 43.3 Å². The third kappa shape index (κ3) is 4.61. The Morgan fingerprint density at radius 2 is 1.96 bits per heavy atom. The Balaban J connectivity index is 1.79. The number of nitrogens with zero attached hydrogens (tertiary/aromatic N) is 1. The summed E-state index contributed by atoms with van der Waals surface area (Å²) in [4.78, 5) is 13.1. The molecule has 0 aromatic heterocycles. The smallest absolute Gasteiger partial charge is 0.243 e. The van der Waals surface area contributed by atoms with E-state index in [9.17, 15) is 13.2 Å². The number of piperidine rings is 1. The summed E-state index contributed by atoms with van der Waals surface area (Å²) in [5.74, 6) is 0.273. The number of amides is 1. The molecule has 1 aliphatic rings. The highest BCUT2D eigenvalue weighted by Gasteiger charge is 2.37. The summed E-state index contributed by atoms with van der Waals surface area (Å²) in [6.07, 6.45) is 3.67. The van der Waals surface area contributed by atoms with Crippen LogP contribution >= 0.6 is 0 Å². The van der Waals surface area contributed by atoms with Gasteiger partial charge in [-0.25, -0.2) is 8.42 Å². The van der Waals surface area contributed by atoms with Gasteiger partial charge in [0.2, 0.25) is 15.9 Å². The van der Waals surface area contributed by atoms with Crippen molar-refractivity contribution in [2.24, 2.45) is 0 Å². The maximum Gasteiger partial charge on any atom is 0.243 e. The van der Waals surface area contributed by atoms with Gasteiger partial charge < -0.3 is 10.1 Å². The van der Waals surface area contributed by atoms with Crippen molar-refractivity contribution in [3.63, 3.8) is 0 Å². The Morgan fingerprint density at radius 3 is 2.71 bits per heavy atom. The number of ether oxygens (including phenoxy) is 1. The quantitative estimate of drug-likeness (QED) is 0.723. The monoisotopic (exact) mass is 400 g/mol. The van der Waals surface area contributed by atoms with E-state index in [-0.39, 0.29) is 10.8 Å². The van der Waals surface area contributed by atoms with Gasteiger partial charge in [0.1, 0.15) is 18.4 Å². The number of nitrogens with one attached hydrogen (secondary N) is 1. The van der Waals surface area contributed by atoms with E-state index in [1.807, 2.05) is 0 Å². The molecule has 2 aromatic rings. The van der Waals surface area contributed by atoms with Crippen molar-refractivity contribution in [2.75, 3.05) is 18.5 Å². The Labute approximate surface area is 165 Å². The molecule has 1 amide bonds. The maximum absolute atomic E-state index is 13.0. The number of carbonyl (C=O) groups is 1. The number of hydrogen-bond acceptors (Lipinski definition) is 4. The first-order valence-corrected chi connectivity index (χ1v) is 10.7. The predicted octanol–water partition coefficient (Wildman–Crippen LogP) is 3.43. The van der Waals surface area contributed by atoms with Crippen LogP contribution < -0.4 is 10.1 Å². The summed E-state index contributed by atoms with van der Waals surface area (Å²) >= 11 is 0. The van der Waals surface area contributed by atoms with Crippen LogP contribution in [0.5, 0.6) is 5.75 Å². The second-order valence-corrected chi connectivity index (χ2v) is 8.45. The predicted molar refractivity (Wildman–Crippen MR) is 109 cm³/mol. The first kappa shape index (κ1) is 20.1. The molecule has 28 heavy (non-hydrogen) atoms. The second-order valence-electron chi connectivity index (χ2n) is 6.56. The third-order valence-corrected chi connectivity index (χ3v) is 6.50. The van der Waals surface area contributed by atoms with Crippen LogP contribution in [0.15, 0.2) is 72.1 Å². The number of rotatable bonds is 7. The molecule has 0 bridgehead atoms. The molecule has 2 aromatic carbocycles. The molecule has 0 radical (unpaired) electrons. The van der Waals surface area contributed by atoms with E-state index in [1.54, 1.807) is 60.7 Å². The molecule has 1 atom stereocenters. The number of sulfonamides is 1. The SMILES string of the molecule is C=CCOc1cccc(NC(=O)C2CCCCN2S(=O)(=O)c2ccccc2)c1. The molecule has 148 valence electrons. The molecular formula is C21H24N2O4S. The highest BCUT2D eigenvalue weighted by atomic mass is 32.2. The lowest BCUT2D eigenvalue weighted by Gasteiger charge is -2.33. The highest BCUT2D eigenvalue weighted by molar-refractivity contribution is 7.89. The van der Waals surface area contributed by atoms with Crippen molar-refractivity contribution in [3.05, 3.63) is 67.3 Å². The summed E-state index contributed by atoms with van der Waals surface area (Å²) in [6.45, 7) is 4.30. The van der Waals surface area contributed by atoms with Crippen molar-refractivity contribution in [1.82, 2.24) is 4.31 Å². The normalized spacial score (nSPS) is 17.6. The van der Waals surface area contributed by atoms with Crippen LogP contribution in [0.4, 0.5) is 5.69 Å². The van der Waals surface area contributed by atoms with Crippen LogP contribution in [0.1, 0.15) is 19.3 Å². The van der Waals surface area contributed by atoms with Crippen molar-refractivity contribution in [1.29, 1.82) is 0 Å². The van der Waals surface area contributed by atoms with E-state index < -0.39 is 16.1 Å². The molecule has 6 nitrogen and oxygen atoms in total. The van der Waals surface area contributed by atoms with Crippen molar-refractivity contribution in [2.45, 2.75) is 30.2 Å². The van der Waals surface area contributed by atoms with Crippen molar-refractivity contribution < 1.29 is 17.9 Å². The van der Waals surface area contributed by atoms with Crippen LogP contribution in [0.3, 0.4) is 0 Å². The van der Waals surface area contributed by atoms with Crippen LogP contribution in [0, 0.1) is 0 Å². The van der Waals surface area contributed by atoms with E-state index in [4.69, 9.17) is 4.74 Å². The van der Waals surface area contributed by atoms with Crippen LogP contribution in [-0.2, 0) is 14.8 Å². The highest BCUT2D eigenvalue weighted by Crippen LogP contribution is 2.27. The van der Waals surface area contributed by atoms with Gasteiger partial charge in [0.25, 0.3) is 0 Å². The van der Waals surface area contributed by atoms with E-state index in [1.165, 1.54) is 4.31 Å². The van der Waals surface area contributed by atoms with Gasteiger partial charge >= 0.3 is 0 Å². The maximum atomic E-state index is 13.0. The lowest BCUT2D eigenvalue weighted by Crippen LogP contribution is -2.49. The number of carbonyl (C=O) groups excluding carboxylic acids is 1. The average molecular weight is 400 g/mol. The first-order chi connectivity index (χ1) is 13.5. The summed E-state index contributed by atoms with van der Waals surface area (Å²) in [7, 11) is -3.73. The zero-order valence-electron chi connectivity index (χ0n) is 15.6. The Kier molecular flexibility index (Phi) is 6.49. The molecule has 0 spiro atoms. The van der Waals surface area contributed by atoms with E-state index in [2.05, 4.69) is 11.9 Å². The Hall–Kier alpha value is -2.64. The molecule has 1 fully saturated rings. The zero-order valence-corrected chi connectivity index (χ0v) is 16.4. The standard InChI is InChI=1S/C21H24N2O4S/c1-2-15-27-18-10-8-9-17(16-18)22-21(24)20-13-6-7-14-23(20)28(25,26)19-11-4-3-5-12-19/h2-5,8-12,16,20H,1,6-7,13-15H2,(H,22,24). The molecule has 1 aliphatic heterocycles. The summed E-state index contributed by atoms with van der Waals surface area (Å²) < 4.78 is 32.9. The van der Waals surface area contributed by atoms with Gasteiger partial charge in [0, 0.05) is 18.3 Å². The fourth-order valence-corrected chi connectivity index (χ4v) is 4.90. The molecule has 0 saturated carbocycles. The first-order valence-electron chi connectivity index (χ1n) is 9.24. The van der Waals surface area contributed by atoms with Gasteiger partial charge in [-0.05, 0) is 37.1 Å². The molecular weight excluding hydrogens is 376 g/mol. The minimum Gasteiger partial charge on any atom is -0.489 e. The van der Waals surface area contributed by atoms with E-state index in [0.717, 1.165) is 12.8 Å². The molecule has 1 unspecified atom stereocenters. The lowest BCUT2D eigenvalue weighted by atomic mass is 10.0. The van der Waals surface area contributed by atoms with E-state index in [0.29, 0.717) is 31.0 Å². The summed E-state index contributed by atoms with van der Waals surface area (Å²) in [6, 6.07) is 14.5. The van der Waals surface area contributed by atoms with Crippen LogP contribution in [0.25, 0.3) is 0 Å². The fraction of sp³-hybridized carbons (Fsp3) is 0.286. The molecule has 3 rings (SSSR count). The van der Waals surface area contributed by atoms with Crippen LogP contribution in [-0.4, -0.2) is 37.8 Å². The summed E-state index contributed by atoms with van der Waals surface area (Å²) in [5, 5.41) is 2.83. The van der Waals surface area contributed by atoms with Gasteiger partial charge in [0.15, 0.2) is 0 Å². The van der Waals surface area contributed by atoms with E-state index >= 15 is 0 Å². The fourth-order valence-electron chi connectivity index (χ4n) is 3.23. The Morgan fingerprint density at radius 1 is 1.18 bits per heavy atom.